The Hall–Kier alpha value is -1.77. The van der Waals surface area contributed by atoms with Crippen molar-refractivity contribution in [1.29, 1.82) is 0 Å². The second kappa shape index (κ2) is 4.72. The minimum Gasteiger partial charge on any atom is -0.396 e. The lowest BCUT2D eigenvalue weighted by Crippen LogP contribution is -2.42. The Morgan fingerprint density at radius 2 is 2.11 bits per heavy atom. The predicted molar refractivity (Wildman–Crippen MR) is 81.4 cm³/mol. The van der Waals surface area contributed by atoms with Crippen LogP contribution in [0.5, 0.6) is 0 Å². The molecule has 2 atom stereocenters. The van der Waals surface area contributed by atoms with Crippen molar-refractivity contribution < 1.29 is 0 Å². The Bertz CT molecular complexity index is 594. The molecule has 1 aliphatic rings. The van der Waals surface area contributed by atoms with Crippen LogP contribution in [0.25, 0.3) is 10.9 Å². The highest BCUT2D eigenvalue weighted by Gasteiger charge is 2.26. The average Bonchev–Trinajstić information content (AvgIpc) is 2.43. The first kappa shape index (κ1) is 12.3. The molecular weight excluding hydrogens is 234 g/mol. The van der Waals surface area contributed by atoms with E-state index in [1.807, 2.05) is 12.3 Å². The quantitative estimate of drug-likeness (QED) is 0.794. The van der Waals surface area contributed by atoms with Gasteiger partial charge in [-0.25, -0.2) is 0 Å². The van der Waals surface area contributed by atoms with Crippen LogP contribution in [0, 0.1) is 5.92 Å². The fourth-order valence-corrected chi connectivity index (χ4v) is 3.09. The molecule has 3 rings (SSSR count). The van der Waals surface area contributed by atoms with Gasteiger partial charge in [-0.15, -0.1) is 0 Å². The zero-order chi connectivity index (χ0) is 13.4. The molecule has 0 aliphatic carbocycles. The molecule has 0 amide bonds. The number of aromatic nitrogens is 1. The van der Waals surface area contributed by atoms with E-state index in [0.29, 0.717) is 6.04 Å². The van der Waals surface area contributed by atoms with Crippen LogP contribution < -0.4 is 10.6 Å². The van der Waals surface area contributed by atoms with Gasteiger partial charge in [0.05, 0.1) is 16.9 Å². The zero-order valence-corrected chi connectivity index (χ0v) is 11.6. The maximum absolute atomic E-state index is 6.38. The number of hydrogen-bond donors (Lipinski definition) is 1. The second-order valence-corrected chi connectivity index (χ2v) is 5.62. The van der Waals surface area contributed by atoms with Gasteiger partial charge in [-0.1, -0.05) is 6.92 Å². The summed E-state index contributed by atoms with van der Waals surface area (Å²) in [4.78, 5) is 6.82. The monoisotopic (exact) mass is 255 g/mol. The Labute approximate surface area is 114 Å². The van der Waals surface area contributed by atoms with Crippen molar-refractivity contribution in [1.82, 2.24) is 4.98 Å². The summed E-state index contributed by atoms with van der Waals surface area (Å²) in [6.45, 7) is 5.73. The summed E-state index contributed by atoms with van der Waals surface area (Å²) in [5.41, 5.74) is 9.38. The van der Waals surface area contributed by atoms with Crippen LogP contribution in [-0.4, -0.2) is 17.6 Å². The van der Waals surface area contributed by atoms with Crippen LogP contribution in [-0.2, 0) is 0 Å². The van der Waals surface area contributed by atoms with E-state index in [-0.39, 0.29) is 0 Å². The van der Waals surface area contributed by atoms with E-state index in [1.54, 1.807) is 0 Å². The molecule has 2 heterocycles. The van der Waals surface area contributed by atoms with E-state index in [9.17, 15) is 0 Å². The number of benzene rings is 1. The van der Waals surface area contributed by atoms with Gasteiger partial charge in [0.25, 0.3) is 0 Å². The lowest BCUT2D eigenvalue weighted by atomic mass is 9.91. The van der Waals surface area contributed by atoms with Crippen molar-refractivity contribution in [2.75, 3.05) is 17.2 Å². The van der Waals surface area contributed by atoms with E-state index in [4.69, 9.17) is 5.73 Å². The summed E-state index contributed by atoms with van der Waals surface area (Å²) in [5, 5.41) is 1.06. The van der Waals surface area contributed by atoms with Gasteiger partial charge >= 0.3 is 0 Å². The van der Waals surface area contributed by atoms with Gasteiger partial charge in [0.15, 0.2) is 0 Å². The third kappa shape index (κ3) is 2.03. The highest BCUT2D eigenvalue weighted by atomic mass is 15.2. The van der Waals surface area contributed by atoms with Gasteiger partial charge in [-0.3, -0.25) is 4.98 Å². The highest BCUT2D eigenvalue weighted by Crippen LogP contribution is 2.35. The highest BCUT2D eigenvalue weighted by molar-refractivity contribution is 5.97. The van der Waals surface area contributed by atoms with Crippen molar-refractivity contribution in [3.8, 4) is 0 Å². The minimum atomic E-state index is 0.546. The molecular formula is C16H21N3. The van der Waals surface area contributed by atoms with Gasteiger partial charge in [0.2, 0.25) is 0 Å². The van der Waals surface area contributed by atoms with Crippen molar-refractivity contribution in [3.63, 3.8) is 0 Å². The standard InChI is InChI=1S/C16H21N3/c1-11-5-4-10-19(12(11)2)15-8-7-14-13(16(15)17)6-3-9-18-14/h3,6-9,11-12H,4-5,10,17H2,1-2H3. The fourth-order valence-electron chi connectivity index (χ4n) is 3.09. The maximum atomic E-state index is 6.38. The zero-order valence-electron chi connectivity index (χ0n) is 11.6. The molecule has 1 aliphatic heterocycles. The van der Waals surface area contributed by atoms with Gasteiger partial charge in [-0.05, 0) is 49.9 Å². The Morgan fingerprint density at radius 3 is 2.95 bits per heavy atom. The number of piperidine rings is 1. The van der Waals surface area contributed by atoms with Crippen LogP contribution >= 0.6 is 0 Å². The Morgan fingerprint density at radius 1 is 1.26 bits per heavy atom. The van der Waals surface area contributed by atoms with Crippen LogP contribution in [0.3, 0.4) is 0 Å². The lowest BCUT2D eigenvalue weighted by Gasteiger charge is -2.40. The van der Waals surface area contributed by atoms with E-state index >= 15 is 0 Å². The summed E-state index contributed by atoms with van der Waals surface area (Å²) >= 11 is 0. The number of nitrogens with two attached hydrogens (primary N) is 1. The smallest absolute Gasteiger partial charge is 0.0724 e. The topological polar surface area (TPSA) is 42.2 Å². The summed E-state index contributed by atoms with van der Waals surface area (Å²) in [7, 11) is 0. The molecule has 19 heavy (non-hydrogen) atoms. The van der Waals surface area contributed by atoms with Gasteiger partial charge < -0.3 is 10.6 Å². The van der Waals surface area contributed by atoms with E-state index in [0.717, 1.165) is 29.1 Å². The van der Waals surface area contributed by atoms with E-state index in [1.165, 1.54) is 18.5 Å². The molecule has 2 unspecified atom stereocenters. The number of nitrogens with zero attached hydrogens (tertiary/aromatic N) is 2. The predicted octanol–water partition coefficient (Wildman–Crippen LogP) is 3.44. The molecule has 0 saturated carbocycles. The number of anilines is 2. The first-order chi connectivity index (χ1) is 9.18. The summed E-state index contributed by atoms with van der Waals surface area (Å²) in [6.07, 6.45) is 4.37. The van der Waals surface area contributed by atoms with Crippen LogP contribution in [0.15, 0.2) is 30.5 Å². The number of rotatable bonds is 1. The molecule has 0 bridgehead atoms. The molecule has 2 aromatic rings. The van der Waals surface area contributed by atoms with Crippen molar-refractivity contribution in [3.05, 3.63) is 30.5 Å². The van der Waals surface area contributed by atoms with Gasteiger partial charge in [0.1, 0.15) is 0 Å². The van der Waals surface area contributed by atoms with Crippen LogP contribution in [0.2, 0.25) is 0 Å². The Kier molecular flexibility index (Phi) is 3.05. The van der Waals surface area contributed by atoms with Crippen molar-refractivity contribution in [2.45, 2.75) is 32.7 Å². The molecule has 1 saturated heterocycles. The molecule has 0 spiro atoms. The van der Waals surface area contributed by atoms with E-state index < -0.39 is 0 Å². The van der Waals surface area contributed by atoms with Crippen LogP contribution in [0.4, 0.5) is 11.4 Å². The summed E-state index contributed by atoms with van der Waals surface area (Å²) < 4.78 is 0. The third-order valence-electron chi connectivity index (χ3n) is 4.49. The molecule has 100 valence electrons. The minimum absolute atomic E-state index is 0.546. The third-order valence-corrected chi connectivity index (χ3v) is 4.49. The second-order valence-electron chi connectivity index (χ2n) is 5.62. The van der Waals surface area contributed by atoms with E-state index in [2.05, 4.69) is 41.9 Å². The first-order valence-corrected chi connectivity index (χ1v) is 7.08. The summed E-state index contributed by atoms with van der Waals surface area (Å²) in [6, 6.07) is 8.75. The molecule has 2 N–H and O–H groups in total. The number of nitrogen functional groups attached to an aromatic ring is 1. The number of hydrogen-bond acceptors (Lipinski definition) is 3. The molecule has 3 heteroatoms. The molecule has 3 nitrogen and oxygen atoms in total. The SMILES string of the molecule is CC1CCCN(c2ccc3ncccc3c2N)C1C. The first-order valence-electron chi connectivity index (χ1n) is 7.08. The maximum Gasteiger partial charge on any atom is 0.0724 e. The number of fused-ring (bicyclic) bond motifs is 1. The average molecular weight is 255 g/mol. The molecule has 0 radical (unpaired) electrons. The van der Waals surface area contributed by atoms with Gasteiger partial charge in [-0.2, -0.15) is 0 Å². The largest absolute Gasteiger partial charge is 0.396 e. The van der Waals surface area contributed by atoms with Crippen molar-refractivity contribution >= 4 is 22.3 Å². The summed E-state index contributed by atoms with van der Waals surface area (Å²) in [5.74, 6) is 0.720. The van der Waals surface area contributed by atoms with Crippen molar-refractivity contribution in [2.24, 2.45) is 5.92 Å². The fraction of sp³-hybridized carbons (Fsp3) is 0.438. The molecule has 1 fully saturated rings. The lowest BCUT2D eigenvalue weighted by molar-refractivity contribution is 0.364. The Balaban J connectivity index is 2.07. The van der Waals surface area contributed by atoms with Gasteiger partial charge in [0, 0.05) is 24.2 Å². The van der Waals surface area contributed by atoms with Crippen LogP contribution in [0.1, 0.15) is 26.7 Å². The molecule has 1 aromatic carbocycles. The normalized spacial score (nSPS) is 23.8. The molecule has 1 aromatic heterocycles. The number of pyridine rings is 1.